The van der Waals surface area contributed by atoms with Gasteiger partial charge < -0.3 is 19.6 Å². The van der Waals surface area contributed by atoms with E-state index in [0.29, 0.717) is 18.9 Å². The summed E-state index contributed by atoms with van der Waals surface area (Å²) in [5.74, 6) is 1.20. The SMILES string of the molecule is [C-]#[N+]CC(=O)NCCOc1ccc(OC)cc1. The summed E-state index contributed by atoms with van der Waals surface area (Å²) in [5.41, 5.74) is 0. The topological polar surface area (TPSA) is 51.9 Å². The van der Waals surface area contributed by atoms with Crippen molar-refractivity contribution < 1.29 is 14.3 Å². The zero-order chi connectivity index (χ0) is 12.5. The van der Waals surface area contributed by atoms with Crippen molar-refractivity contribution in [3.8, 4) is 11.5 Å². The molecule has 0 aliphatic carbocycles. The summed E-state index contributed by atoms with van der Waals surface area (Å²) in [4.78, 5) is 13.9. The number of rotatable bonds is 6. The highest BCUT2D eigenvalue weighted by atomic mass is 16.5. The average Bonchev–Trinajstić information content (AvgIpc) is 2.36. The van der Waals surface area contributed by atoms with Crippen LogP contribution in [-0.4, -0.2) is 32.7 Å². The van der Waals surface area contributed by atoms with Crippen molar-refractivity contribution in [1.29, 1.82) is 0 Å². The first-order valence-electron chi connectivity index (χ1n) is 5.13. The van der Waals surface area contributed by atoms with Crippen LogP contribution >= 0.6 is 0 Å². The van der Waals surface area contributed by atoms with Crippen molar-refractivity contribution >= 4 is 5.91 Å². The van der Waals surface area contributed by atoms with Crippen LogP contribution in [0, 0.1) is 6.57 Å². The minimum absolute atomic E-state index is 0.136. The van der Waals surface area contributed by atoms with Gasteiger partial charge in [-0.25, -0.2) is 6.57 Å². The Morgan fingerprint density at radius 3 is 2.59 bits per heavy atom. The second-order valence-corrected chi connectivity index (χ2v) is 3.19. The minimum Gasteiger partial charge on any atom is -0.497 e. The Hall–Kier alpha value is -2.22. The smallest absolute Gasteiger partial charge is 0.300 e. The number of ether oxygens (including phenoxy) is 2. The number of benzene rings is 1. The van der Waals surface area contributed by atoms with Gasteiger partial charge in [0.05, 0.1) is 13.7 Å². The maximum atomic E-state index is 10.9. The highest BCUT2D eigenvalue weighted by molar-refractivity contribution is 5.79. The Labute approximate surface area is 100 Å². The normalized spacial score (nSPS) is 9.18. The Morgan fingerprint density at radius 2 is 2.00 bits per heavy atom. The maximum absolute atomic E-state index is 10.9. The van der Waals surface area contributed by atoms with E-state index >= 15 is 0 Å². The lowest BCUT2D eigenvalue weighted by atomic mass is 10.3. The summed E-state index contributed by atoms with van der Waals surface area (Å²) in [6.45, 7) is 7.13. The molecule has 5 nitrogen and oxygen atoms in total. The molecule has 1 N–H and O–H groups in total. The predicted octanol–water partition coefficient (Wildman–Crippen LogP) is 1.11. The molecule has 90 valence electrons. The molecule has 0 fully saturated rings. The third-order valence-corrected chi connectivity index (χ3v) is 1.98. The molecule has 0 radical (unpaired) electrons. The third kappa shape index (κ3) is 4.89. The average molecular weight is 234 g/mol. The van der Waals surface area contributed by atoms with Crippen LogP contribution in [0.5, 0.6) is 11.5 Å². The minimum atomic E-state index is -0.279. The zero-order valence-corrected chi connectivity index (χ0v) is 9.60. The second-order valence-electron chi connectivity index (χ2n) is 3.19. The van der Waals surface area contributed by atoms with Crippen LogP contribution < -0.4 is 14.8 Å². The molecule has 1 aromatic rings. The summed E-state index contributed by atoms with van der Waals surface area (Å²) in [6.07, 6.45) is 0. The van der Waals surface area contributed by atoms with E-state index in [1.807, 2.05) is 0 Å². The van der Waals surface area contributed by atoms with Crippen molar-refractivity contribution in [3.63, 3.8) is 0 Å². The summed E-state index contributed by atoms with van der Waals surface area (Å²) in [7, 11) is 1.60. The van der Waals surface area contributed by atoms with E-state index in [1.165, 1.54) is 0 Å². The quantitative estimate of drug-likeness (QED) is 0.592. The standard InChI is InChI=1S/C12H14N2O3/c1-13-9-12(15)14-7-8-17-11-5-3-10(16-2)4-6-11/h3-6H,7-9H2,2H3,(H,14,15). The van der Waals surface area contributed by atoms with Crippen LogP contribution in [0.1, 0.15) is 0 Å². The van der Waals surface area contributed by atoms with Crippen LogP contribution in [0.3, 0.4) is 0 Å². The molecular formula is C12H14N2O3. The fourth-order valence-electron chi connectivity index (χ4n) is 1.16. The van der Waals surface area contributed by atoms with Crippen molar-refractivity contribution in [2.24, 2.45) is 0 Å². The molecule has 0 aliphatic heterocycles. The second kappa shape index (κ2) is 7.12. The Kier molecular flexibility index (Phi) is 5.38. The summed E-state index contributed by atoms with van der Waals surface area (Å²) < 4.78 is 10.4. The molecule has 0 aromatic heterocycles. The zero-order valence-electron chi connectivity index (χ0n) is 9.60. The Morgan fingerprint density at radius 1 is 1.35 bits per heavy atom. The molecule has 1 rings (SSSR count). The lowest BCUT2D eigenvalue weighted by molar-refractivity contribution is -0.119. The van der Waals surface area contributed by atoms with Gasteiger partial charge in [0.1, 0.15) is 18.1 Å². The van der Waals surface area contributed by atoms with Crippen LogP contribution in [-0.2, 0) is 4.79 Å². The fourth-order valence-corrected chi connectivity index (χ4v) is 1.16. The number of carbonyl (C=O) groups is 1. The molecular weight excluding hydrogens is 220 g/mol. The first-order valence-corrected chi connectivity index (χ1v) is 5.13. The van der Waals surface area contributed by atoms with Gasteiger partial charge in [-0.15, -0.1) is 0 Å². The number of methoxy groups -OCH3 is 1. The van der Waals surface area contributed by atoms with Gasteiger partial charge in [-0.2, -0.15) is 0 Å². The molecule has 0 saturated carbocycles. The van der Waals surface area contributed by atoms with E-state index in [1.54, 1.807) is 31.4 Å². The van der Waals surface area contributed by atoms with E-state index in [4.69, 9.17) is 16.0 Å². The summed E-state index contributed by atoms with van der Waals surface area (Å²) in [6, 6.07) is 7.18. The fraction of sp³-hybridized carbons (Fsp3) is 0.333. The number of nitrogens with one attached hydrogen (secondary N) is 1. The molecule has 17 heavy (non-hydrogen) atoms. The van der Waals surface area contributed by atoms with Crippen molar-refractivity contribution in [2.45, 2.75) is 0 Å². The Bertz CT molecular complexity index is 395. The first kappa shape index (κ1) is 12.8. The van der Waals surface area contributed by atoms with Crippen LogP contribution in [0.25, 0.3) is 4.85 Å². The van der Waals surface area contributed by atoms with E-state index in [2.05, 4.69) is 10.2 Å². The first-order chi connectivity index (χ1) is 8.26. The largest absolute Gasteiger partial charge is 0.497 e. The lowest BCUT2D eigenvalue weighted by Crippen LogP contribution is -2.29. The molecule has 0 spiro atoms. The molecule has 0 bridgehead atoms. The van der Waals surface area contributed by atoms with E-state index < -0.39 is 0 Å². The molecule has 0 heterocycles. The molecule has 0 aliphatic rings. The van der Waals surface area contributed by atoms with E-state index in [9.17, 15) is 4.79 Å². The monoisotopic (exact) mass is 234 g/mol. The van der Waals surface area contributed by atoms with Gasteiger partial charge in [0.2, 0.25) is 0 Å². The highest BCUT2D eigenvalue weighted by Gasteiger charge is 2.01. The predicted molar refractivity (Wildman–Crippen MR) is 63.0 cm³/mol. The van der Waals surface area contributed by atoms with Gasteiger partial charge in [0, 0.05) is 0 Å². The third-order valence-electron chi connectivity index (χ3n) is 1.98. The van der Waals surface area contributed by atoms with Gasteiger partial charge in [-0.1, -0.05) is 0 Å². The summed E-state index contributed by atoms with van der Waals surface area (Å²) in [5, 5.41) is 2.57. The maximum Gasteiger partial charge on any atom is 0.300 e. The molecule has 0 unspecified atom stereocenters. The number of hydrogen-bond donors (Lipinski definition) is 1. The molecule has 5 heteroatoms. The molecule has 1 amide bonds. The lowest BCUT2D eigenvalue weighted by Gasteiger charge is -2.07. The van der Waals surface area contributed by atoms with Crippen molar-refractivity contribution in [1.82, 2.24) is 5.32 Å². The summed E-state index contributed by atoms with van der Waals surface area (Å²) >= 11 is 0. The molecule has 0 saturated heterocycles. The Balaban J connectivity index is 2.22. The number of hydrogen-bond acceptors (Lipinski definition) is 3. The van der Waals surface area contributed by atoms with Crippen LogP contribution in [0.15, 0.2) is 24.3 Å². The number of amides is 1. The van der Waals surface area contributed by atoms with E-state index in [-0.39, 0.29) is 12.5 Å². The van der Waals surface area contributed by atoms with Crippen molar-refractivity contribution in [2.75, 3.05) is 26.8 Å². The van der Waals surface area contributed by atoms with Gasteiger partial charge in [-0.05, 0) is 24.3 Å². The molecule has 1 aromatic carbocycles. The van der Waals surface area contributed by atoms with Crippen LogP contribution in [0.4, 0.5) is 0 Å². The highest BCUT2D eigenvalue weighted by Crippen LogP contribution is 2.16. The number of nitrogens with zero attached hydrogens (tertiary/aromatic N) is 1. The van der Waals surface area contributed by atoms with Gasteiger partial charge in [0.25, 0.3) is 12.5 Å². The van der Waals surface area contributed by atoms with Gasteiger partial charge in [0.15, 0.2) is 0 Å². The van der Waals surface area contributed by atoms with Gasteiger partial charge in [-0.3, -0.25) is 4.79 Å². The van der Waals surface area contributed by atoms with Crippen molar-refractivity contribution in [3.05, 3.63) is 35.7 Å². The number of carbonyl (C=O) groups excluding carboxylic acids is 1. The van der Waals surface area contributed by atoms with Crippen LogP contribution in [0.2, 0.25) is 0 Å². The van der Waals surface area contributed by atoms with Gasteiger partial charge >= 0.3 is 0 Å². The van der Waals surface area contributed by atoms with E-state index in [0.717, 1.165) is 5.75 Å². The molecule has 0 atom stereocenters.